The Hall–Kier alpha value is -1.50. The van der Waals surface area contributed by atoms with Gasteiger partial charge in [-0.05, 0) is 19.1 Å². The molecule has 1 aromatic carbocycles. The first-order valence-corrected chi connectivity index (χ1v) is 7.67. The number of rotatable bonds is 4. The average Bonchev–Trinajstić information content (AvgIpc) is 2.40. The van der Waals surface area contributed by atoms with Crippen LogP contribution in [0.3, 0.4) is 0 Å². The van der Waals surface area contributed by atoms with Crippen molar-refractivity contribution in [3.05, 3.63) is 40.0 Å². The van der Waals surface area contributed by atoms with Crippen LogP contribution in [0.5, 0.6) is 0 Å². The van der Waals surface area contributed by atoms with Crippen LogP contribution in [0.1, 0.15) is 5.69 Å². The van der Waals surface area contributed by atoms with E-state index in [1.54, 1.807) is 24.3 Å². The molecule has 0 unspecified atom stereocenters. The minimum absolute atomic E-state index is 0.129. The number of amides is 1. The molecule has 0 saturated heterocycles. The Morgan fingerprint density at radius 1 is 1.33 bits per heavy atom. The van der Waals surface area contributed by atoms with Crippen molar-refractivity contribution in [2.45, 2.75) is 12.1 Å². The Kier molecular flexibility index (Phi) is 5.27. The smallest absolute Gasteiger partial charge is 0.234 e. The van der Waals surface area contributed by atoms with Gasteiger partial charge in [0.05, 0.1) is 21.5 Å². The van der Waals surface area contributed by atoms with Gasteiger partial charge in [-0.3, -0.25) is 4.79 Å². The molecule has 0 fully saturated rings. The van der Waals surface area contributed by atoms with E-state index in [0.29, 0.717) is 26.7 Å². The molecule has 0 aliphatic heterocycles. The van der Waals surface area contributed by atoms with Gasteiger partial charge in [0.15, 0.2) is 5.16 Å². The van der Waals surface area contributed by atoms with Crippen LogP contribution >= 0.6 is 35.0 Å². The summed E-state index contributed by atoms with van der Waals surface area (Å²) >= 11 is 13.2. The summed E-state index contributed by atoms with van der Waals surface area (Å²) in [6.07, 6.45) is 0. The number of hydrogen-bond donors (Lipinski definition) is 2. The first-order chi connectivity index (χ1) is 9.95. The van der Waals surface area contributed by atoms with Gasteiger partial charge in [0.2, 0.25) is 5.91 Å². The standard InChI is InChI=1S/C13H12Cl2N4OS/c1-7-5-10(16)18-13(17-7)21-6-11(20)19-12-8(14)3-2-4-9(12)15/h2-5H,6H2,1H3,(H,19,20)(H2,16,17,18). The van der Waals surface area contributed by atoms with Crippen LogP contribution in [0.25, 0.3) is 0 Å². The maximum Gasteiger partial charge on any atom is 0.234 e. The van der Waals surface area contributed by atoms with Crippen molar-refractivity contribution < 1.29 is 4.79 Å². The fourth-order valence-corrected chi connectivity index (χ4v) is 2.76. The van der Waals surface area contributed by atoms with E-state index >= 15 is 0 Å². The summed E-state index contributed by atoms with van der Waals surface area (Å²) in [4.78, 5) is 20.2. The van der Waals surface area contributed by atoms with E-state index in [0.717, 1.165) is 5.69 Å². The van der Waals surface area contributed by atoms with E-state index in [4.69, 9.17) is 28.9 Å². The molecule has 0 aliphatic carbocycles. The molecule has 1 heterocycles. The molecule has 2 rings (SSSR count). The fraction of sp³-hybridized carbons (Fsp3) is 0.154. The number of nitrogens with zero attached hydrogens (tertiary/aromatic N) is 2. The Morgan fingerprint density at radius 2 is 2.00 bits per heavy atom. The van der Waals surface area contributed by atoms with Gasteiger partial charge in [-0.1, -0.05) is 41.0 Å². The molecule has 2 aromatic rings. The zero-order valence-corrected chi connectivity index (χ0v) is 13.4. The third-order valence-electron chi connectivity index (χ3n) is 2.41. The number of aromatic nitrogens is 2. The fourth-order valence-electron chi connectivity index (χ4n) is 1.55. The number of thioether (sulfide) groups is 1. The summed E-state index contributed by atoms with van der Waals surface area (Å²) in [5.74, 6) is 0.253. The summed E-state index contributed by atoms with van der Waals surface area (Å²) in [7, 11) is 0. The quantitative estimate of drug-likeness (QED) is 0.657. The molecule has 1 amide bonds. The lowest BCUT2D eigenvalue weighted by atomic mass is 10.3. The maximum absolute atomic E-state index is 11.9. The number of aryl methyl sites for hydroxylation is 1. The van der Waals surface area contributed by atoms with Crippen LogP contribution in [0, 0.1) is 6.92 Å². The van der Waals surface area contributed by atoms with Gasteiger partial charge in [0, 0.05) is 11.8 Å². The maximum atomic E-state index is 11.9. The van der Waals surface area contributed by atoms with Gasteiger partial charge < -0.3 is 11.1 Å². The highest BCUT2D eigenvalue weighted by Gasteiger charge is 2.11. The molecule has 0 atom stereocenters. The average molecular weight is 343 g/mol. The molecule has 0 radical (unpaired) electrons. The van der Waals surface area contributed by atoms with E-state index in [1.165, 1.54) is 11.8 Å². The number of anilines is 2. The number of halogens is 2. The monoisotopic (exact) mass is 342 g/mol. The predicted molar refractivity (Wildman–Crippen MR) is 87.0 cm³/mol. The minimum atomic E-state index is -0.251. The van der Waals surface area contributed by atoms with Gasteiger partial charge >= 0.3 is 0 Å². The van der Waals surface area contributed by atoms with Crippen molar-refractivity contribution in [2.75, 3.05) is 16.8 Å². The SMILES string of the molecule is Cc1cc(N)nc(SCC(=O)Nc2c(Cl)cccc2Cl)n1. The van der Waals surface area contributed by atoms with Gasteiger partial charge in [-0.15, -0.1) is 0 Å². The van der Waals surface area contributed by atoms with Crippen molar-refractivity contribution in [3.63, 3.8) is 0 Å². The lowest BCUT2D eigenvalue weighted by Crippen LogP contribution is -2.15. The molecule has 5 nitrogen and oxygen atoms in total. The zero-order valence-electron chi connectivity index (χ0n) is 11.1. The molecule has 0 spiro atoms. The highest BCUT2D eigenvalue weighted by Crippen LogP contribution is 2.30. The second-order valence-corrected chi connectivity index (χ2v) is 5.91. The Bertz CT molecular complexity index is 641. The van der Waals surface area contributed by atoms with Gasteiger partial charge in [0.1, 0.15) is 5.82 Å². The van der Waals surface area contributed by atoms with Crippen LogP contribution in [-0.2, 0) is 4.79 Å². The van der Waals surface area contributed by atoms with Crippen molar-refractivity contribution >= 4 is 52.4 Å². The van der Waals surface area contributed by atoms with E-state index in [2.05, 4.69) is 15.3 Å². The molecular weight excluding hydrogens is 331 g/mol. The van der Waals surface area contributed by atoms with E-state index in [9.17, 15) is 4.79 Å². The highest BCUT2D eigenvalue weighted by molar-refractivity contribution is 7.99. The van der Waals surface area contributed by atoms with Crippen LogP contribution < -0.4 is 11.1 Å². The van der Waals surface area contributed by atoms with Gasteiger partial charge in [0.25, 0.3) is 0 Å². The molecule has 0 aliphatic rings. The van der Waals surface area contributed by atoms with Crippen molar-refractivity contribution in [1.82, 2.24) is 9.97 Å². The normalized spacial score (nSPS) is 10.4. The van der Waals surface area contributed by atoms with Gasteiger partial charge in [-0.2, -0.15) is 0 Å². The van der Waals surface area contributed by atoms with Crippen molar-refractivity contribution in [2.24, 2.45) is 0 Å². The first-order valence-electron chi connectivity index (χ1n) is 5.93. The summed E-state index contributed by atoms with van der Waals surface area (Å²) in [5.41, 5.74) is 6.78. The zero-order chi connectivity index (χ0) is 15.4. The predicted octanol–water partition coefficient (Wildman–Crippen LogP) is 3.40. The first kappa shape index (κ1) is 15.9. The number of carbonyl (C=O) groups is 1. The molecular formula is C13H12Cl2N4OS. The molecule has 3 N–H and O–H groups in total. The third kappa shape index (κ3) is 4.49. The minimum Gasteiger partial charge on any atom is -0.384 e. The number of nitrogens with one attached hydrogen (secondary N) is 1. The van der Waals surface area contributed by atoms with Crippen molar-refractivity contribution in [1.29, 1.82) is 0 Å². The van der Waals surface area contributed by atoms with E-state index < -0.39 is 0 Å². The highest BCUT2D eigenvalue weighted by atomic mass is 35.5. The molecule has 21 heavy (non-hydrogen) atoms. The van der Waals surface area contributed by atoms with Crippen LogP contribution in [0.4, 0.5) is 11.5 Å². The topological polar surface area (TPSA) is 80.9 Å². The summed E-state index contributed by atoms with van der Waals surface area (Å²) < 4.78 is 0. The van der Waals surface area contributed by atoms with Crippen LogP contribution in [0.15, 0.2) is 29.4 Å². The molecule has 110 valence electrons. The number of nitrogens with two attached hydrogens (primary N) is 1. The summed E-state index contributed by atoms with van der Waals surface area (Å²) in [6.45, 7) is 1.81. The van der Waals surface area contributed by atoms with Gasteiger partial charge in [-0.25, -0.2) is 9.97 Å². The number of benzene rings is 1. The lowest BCUT2D eigenvalue weighted by molar-refractivity contribution is -0.113. The molecule has 0 saturated carbocycles. The lowest BCUT2D eigenvalue weighted by Gasteiger charge is -2.08. The van der Waals surface area contributed by atoms with Crippen LogP contribution in [0.2, 0.25) is 10.0 Å². The Labute approximate surface area is 136 Å². The van der Waals surface area contributed by atoms with E-state index in [-0.39, 0.29) is 11.7 Å². The second-order valence-electron chi connectivity index (χ2n) is 4.15. The number of para-hydroxylation sites is 1. The van der Waals surface area contributed by atoms with E-state index in [1.807, 2.05) is 6.92 Å². The molecule has 0 bridgehead atoms. The van der Waals surface area contributed by atoms with Crippen LogP contribution in [-0.4, -0.2) is 21.6 Å². The Morgan fingerprint density at radius 3 is 2.62 bits per heavy atom. The van der Waals surface area contributed by atoms with Crippen molar-refractivity contribution in [3.8, 4) is 0 Å². The molecule has 8 heteroatoms. The third-order valence-corrected chi connectivity index (χ3v) is 3.89. The molecule has 1 aromatic heterocycles. The number of nitrogen functional groups attached to an aromatic ring is 1. The Balaban J connectivity index is 1.99. The number of hydrogen-bond acceptors (Lipinski definition) is 5. The second kappa shape index (κ2) is 6.98. The summed E-state index contributed by atoms with van der Waals surface area (Å²) in [5, 5.41) is 3.89. The summed E-state index contributed by atoms with van der Waals surface area (Å²) in [6, 6.07) is 6.67. The number of carbonyl (C=O) groups excluding carboxylic acids is 1. The largest absolute Gasteiger partial charge is 0.384 e.